The van der Waals surface area contributed by atoms with Gasteiger partial charge in [0.25, 0.3) is 0 Å². The van der Waals surface area contributed by atoms with Crippen molar-refractivity contribution in [2.75, 3.05) is 7.05 Å². The Balaban J connectivity index is 2.26. The number of likely N-dealkylation sites (N-methyl/N-ethyl adjacent to an activating group) is 1. The van der Waals surface area contributed by atoms with Gasteiger partial charge in [-0.1, -0.05) is 13.8 Å². The van der Waals surface area contributed by atoms with Gasteiger partial charge in [0.2, 0.25) is 11.8 Å². The van der Waals surface area contributed by atoms with E-state index < -0.39 is 5.54 Å². The highest BCUT2D eigenvalue weighted by Gasteiger charge is 2.54. The molecule has 1 saturated heterocycles. The van der Waals surface area contributed by atoms with Gasteiger partial charge < -0.3 is 10.2 Å². The van der Waals surface area contributed by atoms with E-state index in [1.807, 2.05) is 20.8 Å². The summed E-state index contributed by atoms with van der Waals surface area (Å²) in [5.41, 5.74) is -0.656. The van der Waals surface area contributed by atoms with Crippen molar-refractivity contribution in [1.29, 1.82) is 0 Å². The zero-order valence-corrected chi connectivity index (χ0v) is 10.4. The average Bonchev–Trinajstić information content (AvgIpc) is 2.96. The van der Waals surface area contributed by atoms with Gasteiger partial charge in [0.05, 0.1) is 0 Å². The molecule has 1 saturated carbocycles. The van der Waals surface area contributed by atoms with Crippen LogP contribution < -0.4 is 5.32 Å². The van der Waals surface area contributed by atoms with Gasteiger partial charge in [-0.2, -0.15) is 0 Å². The first kappa shape index (κ1) is 11.4. The Bertz CT molecular complexity index is 336. The third-order valence-corrected chi connectivity index (χ3v) is 3.86. The van der Waals surface area contributed by atoms with E-state index in [1.54, 1.807) is 11.9 Å². The van der Waals surface area contributed by atoms with Crippen LogP contribution in [0.5, 0.6) is 0 Å². The lowest BCUT2D eigenvalue weighted by atomic mass is 9.87. The van der Waals surface area contributed by atoms with Crippen LogP contribution in [-0.2, 0) is 9.59 Å². The van der Waals surface area contributed by atoms with Crippen LogP contribution in [0.2, 0.25) is 0 Å². The molecule has 2 aliphatic rings. The maximum Gasteiger partial charge on any atom is 0.248 e. The summed E-state index contributed by atoms with van der Waals surface area (Å²) in [4.78, 5) is 26.0. The molecule has 0 spiro atoms. The summed E-state index contributed by atoms with van der Waals surface area (Å²) in [6.07, 6.45) is 2.09. The Hall–Kier alpha value is -1.06. The standard InChI is InChI=1S/C12H20N2O2/c1-7(2)9-10(15)13-12(3,8-5-6-8)11(16)14(9)4/h7-9H,5-6H2,1-4H3,(H,13,15). The van der Waals surface area contributed by atoms with Crippen molar-refractivity contribution in [3.63, 3.8) is 0 Å². The predicted octanol–water partition coefficient (Wildman–Crippen LogP) is 0.768. The lowest BCUT2D eigenvalue weighted by molar-refractivity contribution is -0.155. The summed E-state index contributed by atoms with van der Waals surface area (Å²) in [5, 5.41) is 2.94. The molecule has 90 valence electrons. The molecule has 0 aromatic rings. The maximum atomic E-state index is 12.3. The van der Waals surface area contributed by atoms with Gasteiger partial charge in [0, 0.05) is 7.05 Å². The number of nitrogens with one attached hydrogen (secondary N) is 1. The molecule has 1 aliphatic carbocycles. The van der Waals surface area contributed by atoms with Crippen molar-refractivity contribution in [3.8, 4) is 0 Å². The second kappa shape index (κ2) is 3.47. The topological polar surface area (TPSA) is 49.4 Å². The smallest absolute Gasteiger partial charge is 0.248 e. The molecular weight excluding hydrogens is 204 g/mol. The third-order valence-electron chi connectivity index (χ3n) is 3.86. The maximum absolute atomic E-state index is 12.3. The molecule has 2 amide bonds. The lowest BCUT2D eigenvalue weighted by Gasteiger charge is -2.44. The van der Waals surface area contributed by atoms with Crippen LogP contribution in [0.4, 0.5) is 0 Å². The van der Waals surface area contributed by atoms with E-state index in [9.17, 15) is 9.59 Å². The molecule has 1 aliphatic heterocycles. The van der Waals surface area contributed by atoms with Crippen molar-refractivity contribution in [2.45, 2.75) is 45.2 Å². The Labute approximate surface area is 96.4 Å². The molecule has 1 heterocycles. The first-order valence-corrected chi connectivity index (χ1v) is 5.97. The van der Waals surface area contributed by atoms with Gasteiger partial charge in [-0.25, -0.2) is 0 Å². The lowest BCUT2D eigenvalue weighted by Crippen LogP contribution is -2.70. The van der Waals surface area contributed by atoms with Gasteiger partial charge in [0.1, 0.15) is 11.6 Å². The number of amides is 2. The van der Waals surface area contributed by atoms with E-state index in [0.717, 1.165) is 12.8 Å². The largest absolute Gasteiger partial charge is 0.340 e. The summed E-state index contributed by atoms with van der Waals surface area (Å²) in [5.74, 6) is 0.539. The van der Waals surface area contributed by atoms with Crippen LogP contribution in [0.1, 0.15) is 33.6 Å². The summed E-state index contributed by atoms with van der Waals surface area (Å²) in [6, 6.07) is -0.320. The fourth-order valence-corrected chi connectivity index (χ4v) is 2.74. The number of nitrogens with zero attached hydrogens (tertiary/aromatic N) is 1. The molecule has 0 aromatic carbocycles. The highest BCUT2D eigenvalue weighted by molar-refractivity contribution is 6.00. The van der Waals surface area contributed by atoms with Crippen LogP contribution in [0, 0.1) is 11.8 Å². The summed E-state index contributed by atoms with van der Waals surface area (Å²) in [6.45, 7) is 5.79. The van der Waals surface area contributed by atoms with E-state index in [2.05, 4.69) is 5.32 Å². The van der Waals surface area contributed by atoms with Crippen LogP contribution in [0.15, 0.2) is 0 Å². The van der Waals surface area contributed by atoms with Crippen molar-refractivity contribution in [2.24, 2.45) is 11.8 Å². The molecule has 2 atom stereocenters. The van der Waals surface area contributed by atoms with Crippen LogP contribution in [0.3, 0.4) is 0 Å². The number of carbonyl (C=O) groups excluding carboxylic acids is 2. The highest BCUT2D eigenvalue weighted by Crippen LogP contribution is 2.42. The van der Waals surface area contributed by atoms with Gasteiger partial charge in [-0.05, 0) is 31.6 Å². The molecule has 0 bridgehead atoms. The van der Waals surface area contributed by atoms with Crippen LogP contribution in [0.25, 0.3) is 0 Å². The molecular formula is C12H20N2O2. The molecule has 0 aromatic heterocycles. The minimum Gasteiger partial charge on any atom is -0.340 e. The molecule has 0 radical (unpaired) electrons. The van der Waals surface area contributed by atoms with E-state index in [0.29, 0.717) is 5.92 Å². The van der Waals surface area contributed by atoms with Crippen molar-refractivity contribution in [3.05, 3.63) is 0 Å². The van der Waals surface area contributed by atoms with Crippen molar-refractivity contribution >= 4 is 11.8 Å². The number of carbonyl (C=O) groups is 2. The molecule has 2 unspecified atom stereocenters. The number of hydrogen-bond acceptors (Lipinski definition) is 2. The quantitative estimate of drug-likeness (QED) is 0.753. The molecule has 2 fully saturated rings. The second-order valence-corrected chi connectivity index (χ2v) is 5.57. The molecule has 16 heavy (non-hydrogen) atoms. The minimum absolute atomic E-state index is 0.00787. The van der Waals surface area contributed by atoms with Crippen LogP contribution in [-0.4, -0.2) is 35.3 Å². The van der Waals surface area contributed by atoms with Gasteiger partial charge >= 0.3 is 0 Å². The van der Waals surface area contributed by atoms with Gasteiger partial charge in [-0.3, -0.25) is 9.59 Å². The Morgan fingerprint density at radius 1 is 1.38 bits per heavy atom. The second-order valence-electron chi connectivity index (χ2n) is 5.57. The molecule has 4 heteroatoms. The Kier molecular flexibility index (Phi) is 2.48. The van der Waals surface area contributed by atoms with Crippen molar-refractivity contribution < 1.29 is 9.59 Å². The third kappa shape index (κ3) is 1.51. The van der Waals surface area contributed by atoms with E-state index in [4.69, 9.17) is 0 Å². The Morgan fingerprint density at radius 3 is 2.38 bits per heavy atom. The van der Waals surface area contributed by atoms with Crippen LogP contribution >= 0.6 is 0 Å². The summed E-state index contributed by atoms with van der Waals surface area (Å²) in [7, 11) is 1.74. The fourth-order valence-electron chi connectivity index (χ4n) is 2.74. The zero-order valence-electron chi connectivity index (χ0n) is 10.4. The number of piperazine rings is 1. The van der Waals surface area contributed by atoms with E-state index in [1.165, 1.54) is 0 Å². The monoisotopic (exact) mass is 224 g/mol. The van der Waals surface area contributed by atoms with Crippen molar-refractivity contribution in [1.82, 2.24) is 10.2 Å². The average molecular weight is 224 g/mol. The minimum atomic E-state index is -0.656. The SMILES string of the molecule is CC(C)C1C(=O)NC(C)(C2CC2)C(=O)N1C. The van der Waals surface area contributed by atoms with Gasteiger partial charge in [-0.15, -0.1) is 0 Å². The predicted molar refractivity (Wildman–Crippen MR) is 60.7 cm³/mol. The number of hydrogen-bond donors (Lipinski definition) is 1. The summed E-state index contributed by atoms with van der Waals surface area (Å²) >= 11 is 0. The molecule has 2 rings (SSSR count). The van der Waals surface area contributed by atoms with E-state index in [-0.39, 0.29) is 23.8 Å². The van der Waals surface area contributed by atoms with E-state index >= 15 is 0 Å². The molecule has 1 N–H and O–H groups in total. The first-order chi connectivity index (χ1) is 7.38. The first-order valence-electron chi connectivity index (χ1n) is 5.97. The fraction of sp³-hybridized carbons (Fsp3) is 0.833. The zero-order chi connectivity index (χ0) is 12.1. The number of rotatable bonds is 2. The van der Waals surface area contributed by atoms with Gasteiger partial charge in [0.15, 0.2) is 0 Å². The summed E-state index contributed by atoms with van der Waals surface area (Å²) < 4.78 is 0. The Morgan fingerprint density at radius 2 is 1.94 bits per heavy atom. The normalized spacial score (nSPS) is 35.6. The highest BCUT2D eigenvalue weighted by atomic mass is 16.2. The molecule has 4 nitrogen and oxygen atoms in total.